The fourth-order valence-corrected chi connectivity index (χ4v) is 1.99. The van der Waals surface area contributed by atoms with Gasteiger partial charge in [0.2, 0.25) is 5.91 Å². The highest BCUT2D eigenvalue weighted by Crippen LogP contribution is 2.16. The predicted molar refractivity (Wildman–Crippen MR) is 67.8 cm³/mol. The van der Waals surface area contributed by atoms with Crippen molar-refractivity contribution in [2.24, 2.45) is 0 Å². The van der Waals surface area contributed by atoms with Crippen molar-refractivity contribution in [2.45, 2.75) is 26.2 Å². The number of carbonyl (C=O) groups excluding carboxylic acids is 1. The van der Waals surface area contributed by atoms with Gasteiger partial charge in [-0.15, -0.1) is 11.3 Å². The first-order valence-corrected chi connectivity index (χ1v) is 6.53. The Morgan fingerprint density at radius 3 is 3.00 bits per heavy atom. The molecule has 1 aromatic rings. The quantitative estimate of drug-likeness (QED) is 0.700. The normalized spacial score (nSPS) is 10.3. The summed E-state index contributed by atoms with van der Waals surface area (Å²) in [5, 5.41) is 13.3. The van der Waals surface area contributed by atoms with Gasteiger partial charge in [0, 0.05) is 25.0 Å². The molecule has 0 atom stereocenters. The number of carboxylic acid groups (broad SMARTS) is 1. The zero-order valence-corrected chi connectivity index (χ0v) is 11.0. The third kappa shape index (κ3) is 5.74. The lowest BCUT2D eigenvalue weighted by molar-refractivity contribution is -0.136. The van der Waals surface area contributed by atoms with Crippen molar-refractivity contribution in [2.75, 3.05) is 18.5 Å². The van der Waals surface area contributed by atoms with Gasteiger partial charge in [-0.1, -0.05) is 0 Å². The molecule has 0 aliphatic carbocycles. The fourth-order valence-electron chi connectivity index (χ4n) is 1.26. The van der Waals surface area contributed by atoms with Crippen molar-refractivity contribution in [3.05, 3.63) is 11.1 Å². The van der Waals surface area contributed by atoms with Crippen molar-refractivity contribution < 1.29 is 19.4 Å². The van der Waals surface area contributed by atoms with Crippen molar-refractivity contribution in [1.82, 2.24) is 4.98 Å². The molecule has 1 aromatic heterocycles. The molecular weight excluding hydrogens is 256 g/mol. The first kappa shape index (κ1) is 14.6. The average molecular weight is 272 g/mol. The van der Waals surface area contributed by atoms with E-state index in [1.165, 1.54) is 11.3 Å². The van der Waals surface area contributed by atoms with Crippen LogP contribution in [0.3, 0.4) is 0 Å². The maximum Gasteiger partial charge on any atom is 0.309 e. The van der Waals surface area contributed by atoms with Gasteiger partial charge in [0.25, 0.3) is 0 Å². The molecule has 0 radical (unpaired) electrons. The van der Waals surface area contributed by atoms with Crippen LogP contribution in [0.2, 0.25) is 0 Å². The molecular formula is C11H16N2O4S. The van der Waals surface area contributed by atoms with Gasteiger partial charge in [-0.05, 0) is 13.3 Å². The maximum absolute atomic E-state index is 11.5. The Bertz CT molecular complexity index is 406. The number of thiazole rings is 1. The smallest absolute Gasteiger partial charge is 0.309 e. The number of hydrogen-bond acceptors (Lipinski definition) is 5. The van der Waals surface area contributed by atoms with Gasteiger partial charge in [0.05, 0.1) is 12.1 Å². The molecule has 0 saturated carbocycles. The fraction of sp³-hybridized carbons (Fsp3) is 0.545. The number of rotatable bonds is 8. The van der Waals surface area contributed by atoms with Crippen LogP contribution in [0.4, 0.5) is 5.13 Å². The van der Waals surface area contributed by atoms with E-state index in [2.05, 4.69) is 10.3 Å². The molecule has 1 amide bonds. The Morgan fingerprint density at radius 1 is 1.56 bits per heavy atom. The monoisotopic (exact) mass is 272 g/mol. The van der Waals surface area contributed by atoms with Crippen LogP contribution in [0.1, 0.15) is 25.5 Å². The number of ether oxygens (including phenoxy) is 1. The molecule has 7 heteroatoms. The molecule has 0 saturated heterocycles. The Hall–Kier alpha value is -1.47. The Labute approximate surface area is 109 Å². The number of anilines is 1. The minimum atomic E-state index is -0.935. The van der Waals surface area contributed by atoms with E-state index >= 15 is 0 Å². The number of carbonyl (C=O) groups is 2. The number of nitrogens with one attached hydrogen (secondary N) is 1. The number of nitrogens with zero attached hydrogens (tertiary/aromatic N) is 1. The summed E-state index contributed by atoms with van der Waals surface area (Å²) in [6.07, 6.45) is 0.900. The standard InChI is InChI=1S/C11H16N2O4S/c1-2-17-5-3-4-9(14)13-11-12-8(7-18-11)6-10(15)16/h7H,2-6H2,1H3,(H,15,16)(H,12,13,14). The van der Waals surface area contributed by atoms with Crippen molar-refractivity contribution in [3.63, 3.8) is 0 Å². The molecule has 1 heterocycles. The molecule has 0 unspecified atom stereocenters. The molecule has 0 aliphatic heterocycles. The molecule has 0 aliphatic rings. The topological polar surface area (TPSA) is 88.5 Å². The summed E-state index contributed by atoms with van der Waals surface area (Å²) >= 11 is 1.23. The van der Waals surface area contributed by atoms with Crippen molar-refractivity contribution in [1.29, 1.82) is 0 Å². The Balaban J connectivity index is 2.31. The summed E-state index contributed by atoms with van der Waals surface area (Å²) in [7, 11) is 0. The van der Waals surface area contributed by atoms with E-state index in [4.69, 9.17) is 9.84 Å². The Morgan fingerprint density at radius 2 is 2.33 bits per heavy atom. The number of amides is 1. The van der Waals surface area contributed by atoms with E-state index in [0.29, 0.717) is 36.9 Å². The first-order chi connectivity index (χ1) is 8.61. The van der Waals surface area contributed by atoms with E-state index in [1.54, 1.807) is 5.38 Å². The Kier molecular flexibility index (Phi) is 6.31. The lowest BCUT2D eigenvalue weighted by Crippen LogP contribution is -2.12. The third-order valence-electron chi connectivity index (χ3n) is 2.03. The first-order valence-electron chi connectivity index (χ1n) is 5.65. The molecule has 6 nitrogen and oxygen atoms in total. The van der Waals surface area contributed by atoms with E-state index in [9.17, 15) is 9.59 Å². The third-order valence-corrected chi connectivity index (χ3v) is 2.83. The van der Waals surface area contributed by atoms with Crippen LogP contribution in [0.5, 0.6) is 0 Å². The molecule has 100 valence electrons. The zero-order valence-electron chi connectivity index (χ0n) is 10.1. The maximum atomic E-state index is 11.5. The zero-order chi connectivity index (χ0) is 13.4. The van der Waals surface area contributed by atoms with Crippen LogP contribution in [-0.2, 0) is 20.7 Å². The second kappa shape index (κ2) is 7.78. The lowest BCUT2D eigenvalue weighted by atomic mass is 10.3. The van der Waals surface area contributed by atoms with Gasteiger partial charge >= 0.3 is 5.97 Å². The van der Waals surface area contributed by atoms with E-state index < -0.39 is 5.97 Å². The largest absolute Gasteiger partial charge is 0.481 e. The second-order valence-corrected chi connectivity index (χ2v) is 4.42. The minimum Gasteiger partial charge on any atom is -0.481 e. The summed E-state index contributed by atoms with van der Waals surface area (Å²) in [4.78, 5) is 26.0. The molecule has 0 bridgehead atoms. The molecule has 2 N–H and O–H groups in total. The van der Waals surface area contributed by atoms with E-state index in [1.807, 2.05) is 6.92 Å². The van der Waals surface area contributed by atoms with Crippen LogP contribution in [0, 0.1) is 0 Å². The van der Waals surface area contributed by atoms with E-state index in [0.717, 1.165) is 0 Å². The molecule has 18 heavy (non-hydrogen) atoms. The highest BCUT2D eigenvalue weighted by Gasteiger charge is 2.08. The summed E-state index contributed by atoms with van der Waals surface area (Å²) in [5.41, 5.74) is 0.456. The van der Waals surface area contributed by atoms with Crippen LogP contribution in [-0.4, -0.2) is 35.2 Å². The molecule has 1 rings (SSSR count). The van der Waals surface area contributed by atoms with Crippen molar-refractivity contribution >= 4 is 28.3 Å². The van der Waals surface area contributed by atoms with Crippen LogP contribution < -0.4 is 5.32 Å². The van der Waals surface area contributed by atoms with E-state index in [-0.39, 0.29) is 12.3 Å². The highest BCUT2D eigenvalue weighted by atomic mass is 32.1. The number of aliphatic carboxylic acids is 1. The van der Waals surface area contributed by atoms with Gasteiger partial charge in [-0.25, -0.2) is 4.98 Å². The summed E-state index contributed by atoms with van der Waals surface area (Å²) < 4.78 is 5.12. The number of carboxylic acids is 1. The van der Waals surface area contributed by atoms with Gasteiger partial charge in [0.1, 0.15) is 0 Å². The molecule has 0 fully saturated rings. The average Bonchev–Trinajstić information content (AvgIpc) is 2.71. The van der Waals surface area contributed by atoms with Gasteiger partial charge < -0.3 is 15.2 Å². The number of hydrogen-bond donors (Lipinski definition) is 2. The van der Waals surface area contributed by atoms with Gasteiger partial charge in [0.15, 0.2) is 5.13 Å². The second-order valence-electron chi connectivity index (χ2n) is 3.56. The van der Waals surface area contributed by atoms with Crippen LogP contribution in [0.25, 0.3) is 0 Å². The molecule has 0 spiro atoms. The lowest BCUT2D eigenvalue weighted by Gasteiger charge is -2.01. The van der Waals surface area contributed by atoms with Crippen LogP contribution in [0.15, 0.2) is 5.38 Å². The number of aromatic nitrogens is 1. The van der Waals surface area contributed by atoms with Crippen molar-refractivity contribution in [3.8, 4) is 0 Å². The van der Waals surface area contributed by atoms with Gasteiger partial charge in [-0.2, -0.15) is 0 Å². The summed E-state index contributed by atoms with van der Waals surface area (Å²) in [5.74, 6) is -1.07. The summed E-state index contributed by atoms with van der Waals surface area (Å²) in [6, 6.07) is 0. The predicted octanol–water partition coefficient (Wildman–Crippen LogP) is 1.53. The molecule has 0 aromatic carbocycles. The highest BCUT2D eigenvalue weighted by molar-refractivity contribution is 7.13. The summed E-state index contributed by atoms with van der Waals surface area (Å²) in [6.45, 7) is 3.11. The van der Waals surface area contributed by atoms with Crippen LogP contribution >= 0.6 is 11.3 Å². The SMILES string of the molecule is CCOCCCC(=O)Nc1nc(CC(=O)O)cs1. The van der Waals surface area contributed by atoms with Gasteiger partial charge in [-0.3, -0.25) is 9.59 Å². The minimum absolute atomic E-state index is 0.128.